The minimum Gasteiger partial charge on any atom is -0.444 e. The number of hydrogen-bond acceptors (Lipinski definition) is 7. The molecule has 1 N–H and O–H groups in total. The lowest BCUT2D eigenvalue weighted by molar-refractivity contribution is -0.384. The fourth-order valence-corrected chi connectivity index (χ4v) is 4.75. The number of nitrogens with zero attached hydrogens (tertiary/aromatic N) is 4. The molecule has 1 saturated carbocycles. The first-order valence-corrected chi connectivity index (χ1v) is 11.1. The van der Waals surface area contributed by atoms with E-state index in [1.807, 2.05) is 32.9 Å². The summed E-state index contributed by atoms with van der Waals surface area (Å²) < 4.78 is 5.36. The van der Waals surface area contributed by atoms with E-state index >= 15 is 0 Å². The Kier molecular flexibility index (Phi) is 6.07. The molecular formula is C22H33N5O4. The van der Waals surface area contributed by atoms with E-state index in [0.29, 0.717) is 11.8 Å². The molecule has 31 heavy (non-hydrogen) atoms. The summed E-state index contributed by atoms with van der Waals surface area (Å²) in [4.78, 5) is 29.7. The Morgan fingerprint density at radius 2 is 1.65 bits per heavy atom. The van der Waals surface area contributed by atoms with E-state index in [1.54, 1.807) is 12.1 Å². The van der Waals surface area contributed by atoms with Gasteiger partial charge in [-0.15, -0.1) is 0 Å². The molecule has 0 radical (unpaired) electrons. The highest BCUT2D eigenvalue weighted by Gasteiger charge is 2.56. The number of fused-ring (bicyclic) bond motifs is 1. The zero-order valence-corrected chi connectivity index (χ0v) is 18.6. The molecule has 2 atom stereocenters. The minimum absolute atomic E-state index is 0.134. The predicted octanol–water partition coefficient (Wildman–Crippen LogP) is 2.17. The number of nitro groups is 1. The fraction of sp³-hybridized carbons (Fsp3) is 0.682. The highest BCUT2D eigenvalue weighted by atomic mass is 16.6. The van der Waals surface area contributed by atoms with Crippen LogP contribution in [0.1, 0.15) is 20.8 Å². The molecule has 170 valence electrons. The average Bonchev–Trinajstić information content (AvgIpc) is 3.15. The number of anilines is 1. The van der Waals surface area contributed by atoms with E-state index in [0.717, 1.165) is 58.0 Å². The van der Waals surface area contributed by atoms with Crippen molar-refractivity contribution in [3.8, 4) is 0 Å². The van der Waals surface area contributed by atoms with Crippen molar-refractivity contribution in [2.45, 2.75) is 32.4 Å². The van der Waals surface area contributed by atoms with Gasteiger partial charge in [0, 0.05) is 76.2 Å². The van der Waals surface area contributed by atoms with Crippen LogP contribution in [0.4, 0.5) is 16.2 Å². The topological polar surface area (TPSA) is 91.2 Å². The van der Waals surface area contributed by atoms with Gasteiger partial charge < -0.3 is 19.9 Å². The van der Waals surface area contributed by atoms with Crippen LogP contribution in [0.5, 0.6) is 0 Å². The van der Waals surface area contributed by atoms with Crippen LogP contribution in [0, 0.1) is 22.0 Å². The maximum Gasteiger partial charge on any atom is 0.407 e. The number of ether oxygens (including phenoxy) is 1. The van der Waals surface area contributed by atoms with Gasteiger partial charge in [0.1, 0.15) is 5.60 Å². The summed E-state index contributed by atoms with van der Waals surface area (Å²) in [5.74, 6) is 1.12. The SMILES string of the molecule is CC(C)(C)OC(=O)NC1C2CN(CCN3CCN(c4ccc([N+](=O)[O-])cc4)CC3)CC21. The normalized spacial score (nSPS) is 26.4. The number of piperidine rings is 1. The third kappa shape index (κ3) is 5.46. The summed E-state index contributed by atoms with van der Waals surface area (Å²) >= 11 is 0. The molecular weight excluding hydrogens is 398 g/mol. The van der Waals surface area contributed by atoms with Crippen molar-refractivity contribution in [2.24, 2.45) is 11.8 Å². The summed E-state index contributed by atoms with van der Waals surface area (Å²) in [7, 11) is 0. The van der Waals surface area contributed by atoms with Crippen molar-refractivity contribution in [2.75, 3.05) is 57.3 Å². The molecule has 9 heteroatoms. The first-order valence-electron chi connectivity index (χ1n) is 11.1. The first kappa shape index (κ1) is 21.8. The minimum atomic E-state index is -0.456. The van der Waals surface area contributed by atoms with E-state index in [2.05, 4.69) is 20.0 Å². The van der Waals surface area contributed by atoms with Gasteiger partial charge in [0.15, 0.2) is 0 Å². The maximum atomic E-state index is 11.9. The van der Waals surface area contributed by atoms with Crippen LogP contribution in [0.15, 0.2) is 24.3 Å². The smallest absolute Gasteiger partial charge is 0.407 e. The van der Waals surface area contributed by atoms with E-state index in [4.69, 9.17) is 4.74 Å². The second-order valence-corrected chi connectivity index (χ2v) is 9.86. The zero-order valence-electron chi connectivity index (χ0n) is 18.6. The van der Waals surface area contributed by atoms with E-state index in [1.165, 1.54) is 0 Å². The number of non-ortho nitro benzene ring substituents is 1. The summed E-state index contributed by atoms with van der Waals surface area (Å²) in [5, 5.41) is 13.8. The number of amides is 1. The van der Waals surface area contributed by atoms with Crippen LogP contribution in [0.2, 0.25) is 0 Å². The number of carbonyl (C=O) groups is 1. The second-order valence-electron chi connectivity index (χ2n) is 9.86. The summed E-state index contributed by atoms with van der Waals surface area (Å²) in [6, 6.07) is 7.10. The number of piperazine rings is 1. The van der Waals surface area contributed by atoms with Crippen molar-refractivity contribution in [3.63, 3.8) is 0 Å². The third-order valence-corrected chi connectivity index (χ3v) is 6.48. The van der Waals surface area contributed by atoms with E-state index < -0.39 is 5.60 Å². The fourth-order valence-electron chi connectivity index (χ4n) is 4.75. The Balaban J connectivity index is 1.13. The third-order valence-electron chi connectivity index (χ3n) is 6.48. The molecule has 0 bridgehead atoms. The Labute approximate surface area is 183 Å². The van der Waals surface area contributed by atoms with E-state index in [-0.39, 0.29) is 22.7 Å². The second kappa shape index (κ2) is 8.63. The average molecular weight is 432 g/mol. The number of likely N-dealkylation sites (tertiary alicyclic amines) is 1. The predicted molar refractivity (Wildman–Crippen MR) is 118 cm³/mol. The van der Waals surface area contributed by atoms with Gasteiger partial charge in [-0.1, -0.05) is 0 Å². The van der Waals surface area contributed by atoms with Crippen LogP contribution in [-0.4, -0.2) is 84.8 Å². The van der Waals surface area contributed by atoms with Crippen molar-refractivity contribution in [1.82, 2.24) is 15.1 Å². The molecule has 3 fully saturated rings. The van der Waals surface area contributed by atoms with Gasteiger partial charge in [-0.25, -0.2) is 4.79 Å². The lowest BCUT2D eigenvalue weighted by Gasteiger charge is -2.36. The quantitative estimate of drug-likeness (QED) is 0.545. The number of benzene rings is 1. The molecule has 1 aromatic carbocycles. The van der Waals surface area contributed by atoms with Crippen LogP contribution < -0.4 is 10.2 Å². The monoisotopic (exact) mass is 431 g/mol. The molecule has 2 heterocycles. The van der Waals surface area contributed by atoms with Crippen molar-refractivity contribution in [3.05, 3.63) is 34.4 Å². The van der Waals surface area contributed by atoms with Crippen LogP contribution in [0.25, 0.3) is 0 Å². The van der Waals surface area contributed by atoms with Crippen molar-refractivity contribution >= 4 is 17.5 Å². The van der Waals surface area contributed by atoms with Gasteiger partial charge in [-0.2, -0.15) is 0 Å². The summed E-state index contributed by atoms with van der Waals surface area (Å²) in [6.45, 7) is 13.7. The number of rotatable bonds is 6. The Morgan fingerprint density at radius 3 is 2.19 bits per heavy atom. The molecule has 1 amide bonds. The summed E-state index contributed by atoms with van der Waals surface area (Å²) in [6.07, 6.45) is -0.302. The molecule has 2 unspecified atom stereocenters. The van der Waals surface area contributed by atoms with E-state index in [9.17, 15) is 14.9 Å². The van der Waals surface area contributed by atoms with Crippen LogP contribution >= 0.6 is 0 Å². The number of nitrogens with one attached hydrogen (secondary N) is 1. The molecule has 4 rings (SSSR count). The van der Waals surface area contributed by atoms with Gasteiger partial charge in [0.05, 0.1) is 4.92 Å². The van der Waals surface area contributed by atoms with Gasteiger partial charge in [-0.05, 0) is 44.7 Å². The van der Waals surface area contributed by atoms with Gasteiger partial charge in [0.2, 0.25) is 0 Å². The van der Waals surface area contributed by atoms with Crippen molar-refractivity contribution in [1.29, 1.82) is 0 Å². The Morgan fingerprint density at radius 1 is 1.06 bits per heavy atom. The highest BCUT2D eigenvalue weighted by Crippen LogP contribution is 2.45. The Bertz CT molecular complexity index is 789. The summed E-state index contributed by atoms with van der Waals surface area (Å²) in [5.41, 5.74) is 0.728. The molecule has 0 aromatic heterocycles. The molecule has 0 spiro atoms. The number of nitro benzene ring substituents is 1. The molecule has 3 aliphatic rings. The number of hydrogen-bond donors (Lipinski definition) is 1. The number of carbonyl (C=O) groups excluding carboxylic acids is 1. The van der Waals surface area contributed by atoms with Crippen LogP contribution in [-0.2, 0) is 4.74 Å². The molecule has 1 aliphatic carbocycles. The molecule has 2 aliphatic heterocycles. The lowest BCUT2D eigenvalue weighted by atomic mass is 10.2. The highest BCUT2D eigenvalue weighted by molar-refractivity contribution is 5.68. The first-order chi connectivity index (χ1) is 14.7. The maximum absolute atomic E-state index is 11.9. The molecule has 9 nitrogen and oxygen atoms in total. The number of alkyl carbamates (subject to hydrolysis) is 1. The zero-order chi connectivity index (χ0) is 22.2. The van der Waals surface area contributed by atoms with Gasteiger partial charge in [-0.3, -0.25) is 15.0 Å². The van der Waals surface area contributed by atoms with Crippen molar-refractivity contribution < 1.29 is 14.5 Å². The van der Waals surface area contributed by atoms with Gasteiger partial charge >= 0.3 is 6.09 Å². The Hall–Kier alpha value is -2.39. The largest absolute Gasteiger partial charge is 0.444 e. The molecule has 2 saturated heterocycles. The van der Waals surface area contributed by atoms with Crippen LogP contribution in [0.3, 0.4) is 0 Å². The van der Waals surface area contributed by atoms with Gasteiger partial charge in [0.25, 0.3) is 5.69 Å². The lowest BCUT2D eigenvalue weighted by Crippen LogP contribution is -2.48. The molecule has 1 aromatic rings. The standard InChI is InChI=1S/C22H33N5O4/c1-22(2,3)31-21(28)23-20-18-14-25(15-19(18)20)9-8-24-10-12-26(13-11-24)16-4-6-17(7-5-16)27(29)30/h4-7,18-20H,8-15H2,1-3H3,(H,23,28).